The van der Waals surface area contributed by atoms with Gasteiger partial charge in [0.1, 0.15) is 5.75 Å². The second-order valence-electron chi connectivity index (χ2n) is 8.04. The molecule has 2 amide bonds. The third-order valence-corrected chi connectivity index (χ3v) is 5.27. The van der Waals surface area contributed by atoms with E-state index in [4.69, 9.17) is 17.0 Å². The Morgan fingerprint density at radius 1 is 1.06 bits per heavy atom. The highest BCUT2D eigenvalue weighted by molar-refractivity contribution is 7.80. The van der Waals surface area contributed by atoms with Crippen molar-refractivity contribution in [3.8, 4) is 5.75 Å². The maximum Gasteiger partial charge on any atom is 0.257 e. The molecule has 6 nitrogen and oxygen atoms in total. The fourth-order valence-corrected chi connectivity index (χ4v) is 3.50. The maximum atomic E-state index is 12.6. The molecule has 1 fully saturated rings. The highest BCUT2D eigenvalue weighted by Gasteiger charge is 2.19. The van der Waals surface area contributed by atoms with E-state index in [9.17, 15) is 9.59 Å². The van der Waals surface area contributed by atoms with Crippen molar-refractivity contribution in [1.82, 2.24) is 10.2 Å². The van der Waals surface area contributed by atoms with Crippen LogP contribution < -0.4 is 15.4 Å². The predicted molar refractivity (Wildman–Crippen MR) is 127 cm³/mol. The SMILES string of the molecule is CC(C)CCOc1ccc(C(=O)NC(=S)Nc2cccc(C(=O)N3CCCC3)c2)cc1. The molecule has 0 aliphatic carbocycles. The number of carbonyl (C=O) groups excluding carboxylic acids is 2. The van der Waals surface area contributed by atoms with E-state index in [0.29, 0.717) is 29.3 Å². The lowest BCUT2D eigenvalue weighted by Gasteiger charge is -2.16. The zero-order valence-electron chi connectivity index (χ0n) is 18.0. The van der Waals surface area contributed by atoms with Gasteiger partial charge >= 0.3 is 0 Å². The number of thiocarbonyl (C=S) groups is 1. The largest absolute Gasteiger partial charge is 0.494 e. The highest BCUT2D eigenvalue weighted by Crippen LogP contribution is 2.17. The molecule has 7 heteroatoms. The zero-order chi connectivity index (χ0) is 22.2. The van der Waals surface area contributed by atoms with Crippen LogP contribution in [0.1, 0.15) is 53.8 Å². The number of nitrogens with one attached hydrogen (secondary N) is 2. The minimum atomic E-state index is -0.310. The molecule has 0 aromatic heterocycles. The van der Waals surface area contributed by atoms with Crippen molar-refractivity contribution in [3.05, 3.63) is 59.7 Å². The molecular formula is C24H29N3O3S. The Kier molecular flexibility index (Phi) is 8.00. The van der Waals surface area contributed by atoms with Crippen LogP contribution in [0.15, 0.2) is 48.5 Å². The lowest BCUT2D eigenvalue weighted by atomic mass is 10.1. The molecule has 1 heterocycles. The number of nitrogens with zero attached hydrogens (tertiary/aromatic N) is 1. The van der Waals surface area contributed by atoms with E-state index >= 15 is 0 Å². The first kappa shape index (κ1) is 22.7. The number of anilines is 1. The molecule has 0 saturated carbocycles. The summed E-state index contributed by atoms with van der Waals surface area (Å²) >= 11 is 5.27. The van der Waals surface area contributed by atoms with Crippen LogP contribution in [0.3, 0.4) is 0 Å². The lowest BCUT2D eigenvalue weighted by Crippen LogP contribution is -2.34. The summed E-state index contributed by atoms with van der Waals surface area (Å²) in [7, 11) is 0. The van der Waals surface area contributed by atoms with E-state index in [1.807, 2.05) is 11.0 Å². The van der Waals surface area contributed by atoms with Gasteiger partial charge < -0.3 is 15.0 Å². The van der Waals surface area contributed by atoms with Crippen molar-refractivity contribution in [2.24, 2.45) is 5.92 Å². The molecule has 2 aromatic carbocycles. The maximum absolute atomic E-state index is 12.6. The van der Waals surface area contributed by atoms with Gasteiger partial charge in [-0.1, -0.05) is 19.9 Å². The minimum absolute atomic E-state index is 0.0202. The number of amides is 2. The van der Waals surface area contributed by atoms with E-state index in [2.05, 4.69) is 24.5 Å². The molecule has 1 aliphatic heterocycles. The standard InChI is InChI=1S/C24H29N3O3S/c1-17(2)12-15-30-21-10-8-18(9-11-21)22(28)26-24(31)25-20-7-5-6-19(16-20)23(29)27-13-3-4-14-27/h5-11,16-17H,3-4,12-15H2,1-2H3,(H2,25,26,28,31). The minimum Gasteiger partial charge on any atom is -0.494 e. The molecule has 2 N–H and O–H groups in total. The Hall–Kier alpha value is -2.93. The second kappa shape index (κ2) is 10.9. The number of benzene rings is 2. The van der Waals surface area contributed by atoms with Gasteiger partial charge in [0.2, 0.25) is 0 Å². The van der Waals surface area contributed by atoms with E-state index < -0.39 is 0 Å². The smallest absolute Gasteiger partial charge is 0.257 e. The summed E-state index contributed by atoms with van der Waals surface area (Å²) in [6.45, 7) is 6.54. The van der Waals surface area contributed by atoms with Gasteiger partial charge in [0, 0.05) is 29.9 Å². The average molecular weight is 440 g/mol. The molecular weight excluding hydrogens is 410 g/mol. The van der Waals surface area contributed by atoms with Crippen molar-refractivity contribution < 1.29 is 14.3 Å². The van der Waals surface area contributed by atoms with E-state index in [1.165, 1.54) is 0 Å². The summed E-state index contributed by atoms with van der Waals surface area (Å²) in [5, 5.41) is 5.83. The Bertz CT molecular complexity index is 922. The van der Waals surface area contributed by atoms with E-state index in [1.54, 1.807) is 42.5 Å². The van der Waals surface area contributed by atoms with Gasteiger partial charge in [-0.25, -0.2) is 0 Å². The van der Waals surface area contributed by atoms with Crippen LogP contribution in [-0.2, 0) is 0 Å². The Labute approximate surface area is 189 Å². The van der Waals surface area contributed by atoms with Crippen molar-refractivity contribution in [2.75, 3.05) is 25.0 Å². The fraction of sp³-hybridized carbons (Fsp3) is 0.375. The molecule has 0 radical (unpaired) electrons. The van der Waals surface area contributed by atoms with Crippen molar-refractivity contribution >= 4 is 34.8 Å². The summed E-state index contributed by atoms with van der Waals surface area (Å²) in [6.07, 6.45) is 3.07. The average Bonchev–Trinajstić information content (AvgIpc) is 3.28. The van der Waals surface area contributed by atoms with Gasteiger partial charge in [-0.2, -0.15) is 0 Å². The van der Waals surface area contributed by atoms with Crippen LogP contribution in [0.25, 0.3) is 0 Å². The summed E-state index contributed by atoms with van der Waals surface area (Å²) < 4.78 is 5.68. The first-order chi connectivity index (χ1) is 14.9. The molecule has 0 atom stereocenters. The quantitative estimate of drug-likeness (QED) is 0.623. The molecule has 31 heavy (non-hydrogen) atoms. The summed E-state index contributed by atoms with van der Waals surface area (Å²) in [6, 6.07) is 14.1. The Morgan fingerprint density at radius 3 is 2.45 bits per heavy atom. The van der Waals surface area contributed by atoms with Crippen LogP contribution in [0.5, 0.6) is 5.75 Å². The van der Waals surface area contributed by atoms with Gasteiger partial charge in [0.15, 0.2) is 5.11 Å². The van der Waals surface area contributed by atoms with Crippen molar-refractivity contribution in [3.63, 3.8) is 0 Å². The third kappa shape index (κ3) is 6.79. The zero-order valence-corrected chi connectivity index (χ0v) is 18.8. The van der Waals surface area contributed by atoms with Crippen LogP contribution in [-0.4, -0.2) is 41.5 Å². The summed E-state index contributed by atoms with van der Waals surface area (Å²) in [5.41, 5.74) is 1.75. The topological polar surface area (TPSA) is 70.7 Å². The monoisotopic (exact) mass is 439 g/mol. The van der Waals surface area contributed by atoms with Crippen LogP contribution >= 0.6 is 12.2 Å². The normalized spacial score (nSPS) is 13.2. The summed E-state index contributed by atoms with van der Waals surface area (Å²) in [4.78, 5) is 26.9. The van der Waals surface area contributed by atoms with Gasteiger partial charge in [-0.15, -0.1) is 0 Å². The number of likely N-dealkylation sites (tertiary alicyclic amines) is 1. The second-order valence-corrected chi connectivity index (χ2v) is 8.45. The highest BCUT2D eigenvalue weighted by atomic mass is 32.1. The van der Waals surface area contributed by atoms with Gasteiger partial charge in [-0.05, 0) is 79.9 Å². The van der Waals surface area contributed by atoms with Crippen LogP contribution in [0.4, 0.5) is 5.69 Å². The van der Waals surface area contributed by atoms with Gasteiger partial charge in [-0.3, -0.25) is 14.9 Å². The molecule has 2 aromatic rings. The number of hydrogen-bond donors (Lipinski definition) is 2. The lowest BCUT2D eigenvalue weighted by molar-refractivity contribution is 0.0792. The number of carbonyl (C=O) groups is 2. The molecule has 0 bridgehead atoms. The molecule has 0 unspecified atom stereocenters. The molecule has 1 aliphatic rings. The third-order valence-electron chi connectivity index (χ3n) is 5.07. The van der Waals surface area contributed by atoms with E-state index in [-0.39, 0.29) is 16.9 Å². The number of ether oxygens (including phenoxy) is 1. The van der Waals surface area contributed by atoms with Crippen molar-refractivity contribution in [2.45, 2.75) is 33.1 Å². The van der Waals surface area contributed by atoms with Crippen LogP contribution in [0.2, 0.25) is 0 Å². The first-order valence-corrected chi connectivity index (χ1v) is 11.1. The Balaban J connectivity index is 1.52. The molecule has 1 saturated heterocycles. The van der Waals surface area contributed by atoms with Gasteiger partial charge in [0.25, 0.3) is 11.8 Å². The van der Waals surface area contributed by atoms with Crippen LogP contribution in [0, 0.1) is 5.92 Å². The van der Waals surface area contributed by atoms with Gasteiger partial charge in [0.05, 0.1) is 6.61 Å². The predicted octanol–water partition coefficient (Wildman–Crippen LogP) is 4.47. The first-order valence-electron chi connectivity index (χ1n) is 10.7. The summed E-state index contributed by atoms with van der Waals surface area (Å²) in [5.74, 6) is 1.03. The fourth-order valence-electron chi connectivity index (χ4n) is 3.29. The van der Waals surface area contributed by atoms with E-state index in [0.717, 1.165) is 38.1 Å². The molecule has 0 spiro atoms. The van der Waals surface area contributed by atoms with Crippen molar-refractivity contribution in [1.29, 1.82) is 0 Å². The molecule has 164 valence electrons. The Morgan fingerprint density at radius 2 is 1.77 bits per heavy atom. The number of hydrogen-bond acceptors (Lipinski definition) is 4. The molecule has 3 rings (SSSR count). The number of rotatable bonds is 7.